The smallest absolute Gasteiger partial charge is 0.217 e. The Hall–Kier alpha value is -1.51. The SMILES string of the molecule is CN=C(NCC(C)N(C)c1ccccc1)N1CCCC(CC(N)=O)C1.I. The Balaban J connectivity index is 0.00000338. The molecule has 0 aliphatic carbocycles. The van der Waals surface area contributed by atoms with Crippen LogP contribution in [0.3, 0.4) is 0 Å². The highest BCUT2D eigenvalue weighted by Gasteiger charge is 2.24. The molecule has 3 N–H and O–H groups in total. The molecule has 0 aromatic heterocycles. The Bertz CT molecular complexity index is 581. The average Bonchev–Trinajstić information content (AvgIpc) is 2.62. The summed E-state index contributed by atoms with van der Waals surface area (Å²) in [7, 11) is 3.92. The zero-order valence-electron chi connectivity index (χ0n) is 16.0. The van der Waals surface area contributed by atoms with Crippen molar-refractivity contribution in [3.63, 3.8) is 0 Å². The normalized spacial score (nSPS) is 18.7. The molecule has 1 amide bonds. The molecule has 2 atom stereocenters. The van der Waals surface area contributed by atoms with E-state index in [0.29, 0.717) is 18.4 Å². The molecule has 1 aliphatic rings. The van der Waals surface area contributed by atoms with Gasteiger partial charge in [-0.3, -0.25) is 9.79 Å². The molecule has 0 radical (unpaired) electrons. The molecule has 2 rings (SSSR count). The number of likely N-dealkylation sites (tertiary alicyclic amines) is 1. The van der Waals surface area contributed by atoms with E-state index in [-0.39, 0.29) is 29.9 Å². The lowest BCUT2D eigenvalue weighted by Gasteiger charge is -2.35. The standard InChI is InChI=1S/C19H31N5O.HI/c1-15(23(3)17-9-5-4-6-10-17)13-22-19(21-2)24-11-7-8-16(14-24)12-18(20)25;/h4-6,9-10,15-16H,7-8,11-14H2,1-3H3,(H2,20,25)(H,21,22);1H. The molecule has 2 unspecified atom stereocenters. The zero-order chi connectivity index (χ0) is 18.2. The van der Waals surface area contributed by atoms with Crippen molar-refractivity contribution in [1.82, 2.24) is 10.2 Å². The number of nitrogens with zero attached hydrogens (tertiary/aromatic N) is 3. The Morgan fingerprint density at radius 1 is 1.42 bits per heavy atom. The third-order valence-corrected chi connectivity index (χ3v) is 4.90. The summed E-state index contributed by atoms with van der Waals surface area (Å²) < 4.78 is 0. The summed E-state index contributed by atoms with van der Waals surface area (Å²) in [6.45, 7) is 4.80. The molecule has 1 fully saturated rings. The molecule has 7 heteroatoms. The maximum atomic E-state index is 11.2. The first-order valence-electron chi connectivity index (χ1n) is 9.03. The number of likely N-dealkylation sites (N-methyl/N-ethyl adjacent to an activating group) is 1. The van der Waals surface area contributed by atoms with Crippen molar-refractivity contribution >= 4 is 41.5 Å². The van der Waals surface area contributed by atoms with Crippen LogP contribution in [0.15, 0.2) is 35.3 Å². The van der Waals surface area contributed by atoms with Crippen LogP contribution in [-0.4, -0.2) is 56.5 Å². The van der Waals surface area contributed by atoms with Crippen molar-refractivity contribution in [2.45, 2.75) is 32.2 Å². The molecule has 1 saturated heterocycles. The van der Waals surface area contributed by atoms with Gasteiger partial charge in [-0.2, -0.15) is 0 Å². The lowest BCUT2D eigenvalue weighted by atomic mass is 9.95. The highest BCUT2D eigenvalue weighted by Crippen LogP contribution is 2.19. The number of hydrogen-bond acceptors (Lipinski definition) is 3. The molecule has 146 valence electrons. The number of primary amides is 1. The summed E-state index contributed by atoms with van der Waals surface area (Å²) in [6.07, 6.45) is 2.59. The Morgan fingerprint density at radius 3 is 2.73 bits per heavy atom. The number of piperidine rings is 1. The van der Waals surface area contributed by atoms with Crippen LogP contribution in [0, 0.1) is 5.92 Å². The molecule has 26 heavy (non-hydrogen) atoms. The number of nitrogens with one attached hydrogen (secondary N) is 1. The summed E-state index contributed by atoms with van der Waals surface area (Å²) in [5.74, 6) is 1.02. The van der Waals surface area contributed by atoms with Crippen LogP contribution < -0.4 is 16.0 Å². The average molecular weight is 473 g/mol. The Labute approximate surface area is 174 Å². The third kappa shape index (κ3) is 6.66. The van der Waals surface area contributed by atoms with Crippen LogP contribution >= 0.6 is 24.0 Å². The van der Waals surface area contributed by atoms with Crippen LogP contribution in [0.2, 0.25) is 0 Å². The summed E-state index contributed by atoms with van der Waals surface area (Å²) in [6, 6.07) is 10.7. The van der Waals surface area contributed by atoms with Crippen LogP contribution in [0.4, 0.5) is 5.69 Å². The molecule has 1 aromatic carbocycles. The number of carbonyl (C=O) groups is 1. The van der Waals surface area contributed by atoms with Crippen molar-refractivity contribution in [3.05, 3.63) is 30.3 Å². The number of anilines is 1. The molecular formula is C19H32IN5O. The molecular weight excluding hydrogens is 441 g/mol. The first kappa shape index (κ1) is 22.5. The van der Waals surface area contributed by atoms with Crippen molar-refractivity contribution < 1.29 is 4.79 Å². The van der Waals surface area contributed by atoms with E-state index in [0.717, 1.165) is 38.4 Å². The minimum atomic E-state index is -0.215. The third-order valence-electron chi connectivity index (χ3n) is 4.90. The number of amides is 1. The number of halogens is 1. The van der Waals surface area contributed by atoms with Gasteiger partial charge in [0.05, 0.1) is 0 Å². The van der Waals surface area contributed by atoms with Gasteiger partial charge in [-0.1, -0.05) is 18.2 Å². The molecule has 6 nitrogen and oxygen atoms in total. The van der Waals surface area contributed by atoms with Crippen LogP contribution in [0.5, 0.6) is 0 Å². The number of rotatable bonds is 6. The summed E-state index contributed by atoms with van der Waals surface area (Å²) in [5, 5.41) is 3.48. The second-order valence-electron chi connectivity index (χ2n) is 6.85. The van der Waals surface area contributed by atoms with Gasteiger partial charge in [0.25, 0.3) is 0 Å². The van der Waals surface area contributed by atoms with Gasteiger partial charge >= 0.3 is 0 Å². The van der Waals surface area contributed by atoms with Gasteiger partial charge in [0.2, 0.25) is 5.91 Å². The number of nitrogens with two attached hydrogens (primary N) is 1. The van der Waals surface area contributed by atoms with Gasteiger partial charge in [0.1, 0.15) is 0 Å². The summed E-state index contributed by atoms with van der Waals surface area (Å²) in [4.78, 5) is 20.1. The zero-order valence-corrected chi connectivity index (χ0v) is 18.3. The van der Waals surface area contributed by atoms with E-state index in [1.807, 2.05) is 13.1 Å². The van der Waals surface area contributed by atoms with E-state index in [1.54, 1.807) is 0 Å². The van der Waals surface area contributed by atoms with Crippen molar-refractivity contribution in [2.75, 3.05) is 38.6 Å². The minimum Gasteiger partial charge on any atom is -0.370 e. The highest BCUT2D eigenvalue weighted by molar-refractivity contribution is 14.0. The Kier molecular flexibility index (Phi) is 9.75. The van der Waals surface area contributed by atoms with E-state index in [4.69, 9.17) is 5.73 Å². The largest absolute Gasteiger partial charge is 0.370 e. The Morgan fingerprint density at radius 2 is 2.12 bits per heavy atom. The van der Waals surface area contributed by atoms with Crippen molar-refractivity contribution in [3.8, 4) is 0 Å². The maximum absolute atomic E-state index is 11.2. The lowest BCUT2D eigenvalue weighted by Crippen LogP contribution is -2.50. The van der Waals surface area contributed by atoms with Gasteiger partial charge < -0.3 is 20.9 Å². The van der Waals surface area contributed by atoms with Gasteiger partial charge in [-0.05, 0) is 37.8 Å². The molecule has 0 spiro atoms. The summed E-state index contributed by atoms with van der Waals surface area (Å²) in [5.41, 5.74) is 6.56. The topological polar surface area (TPSA) is 74.0 Å². The van der Waals surface area contributed by atoms with E-state index < -0.39 is 0 Å². The van der Waals surface area contributed by atoms with Crippen molar-refractivity contribution in [1.29, 1.82) is 0 Å². The molecule has 0 bridgehead atoms. The summed E-state index contributed by atoms with van der Waals surface area (Å²) >= 11 is 0. The number of para-hydroxylation sites is 1. The fraction of sp³-hybridized carbons (Fsp3) is 0.579. The van der Waals surface area contributed by atoms with Crippen LogP contribution in [0.1, 0.15) is 26.2 Å². The van der Waals surface area contributed by atoms with Gasteiger partial charge in [-0.15, -0.1) is 24.0 Å². The number of guanidine groups is 1. The number of carbonyl (C=O) groups excluding carboxylic acids is 1. The highest BCUT2D eigenvalue weighted by atomic mass is 127. The fourth-order valence-electron chi connectivity index (χ4n) is 3.33. The van der Waals surface area contributed by atoms with Gasteiger partial charge in [0.15, 0.2) is 5.96 Å². The second kappa shape index (κ2) is 11.3. The second-order valence-corrected chi connectivity index (χ2v) is 6.85. The predicted molar refractivity (Wildman–Crippen MR) is 119 cm³/mol. The number of benzene rings is 1. The molecule has 1 aromatic rings. The quantitative estimate of drug-likeness (QED) is 0.378. The lowest BCUT2D eigenvalue weighted by molar-refractivity contribution is -0.119. The number of aliphatic imine (C=N–C) groups is 1. The minimum absolute atomic E-state index is 0. The van der Waals surface area contributed by atoms with E-state index >= 15 is 0 Å². The monoisotopic (exact) mass is 473 g/mol. The maximum Gasteiger partial charge on any atom is 0.217 e. The van der Waals surface area contributed by atoms with E-state index in [2.05, 4.69) is 58.3 Å². The fourth-order valence-corrected chi connectivity index (χ4v) is 3.33. The van der Waals surface area contributed by atoms with Crippen LogP contribution in [0.25, 0.3) is 0 Å². The predicted octanol–water partition coefficient (Wildman–Crippen LogP) is 2.29. The van der Waals surface area contributed by atoms with Gasteiger partial charge in [-0.25, -0.2) is 0 Å². The van der Waals surface area contributed by atoms with E-state index in [1.165, 1.54) is 5.69 Å². The molecule has 0 saturated carbocycles. The first-order valence-corrected chi connectivity index (χ1v) is 9.03. The van der Waals surface area contributed by atoms with Crippen molar-refractivity contribution in [2.24, 2.45) is 16.6 Å². The van der Waals surface area contributed by atoms with Crippen LogP contribution in [-0.2, 0) is 4.79 Å². The first-order chi connectivity index (χ1) is 12.0. The molecule has 1 aliphatic heterocycles. The number of hydrogen-bond donors (Lipinski definition) is 2. The van der Waals surface area contributed by atoms with Gasteiger partial charge in [0, 0.05) is 51.9 Å². The molecule has 1 heterocycles. The van der Waals surface area contributed by atoms with E-state index in [9.17, 15) is 4.79 Å².